The molecule has 0 rings (SSSR count). The SMILES string of the molecule is CCCCCCCCCCCOC(=O)CCCCCN(CCCCCCC(C)(C)C(C=O)NC(CCCCCCCC)CCCCCCCC)CCNC(=O)CCC(=O)NCCN(CCCCCCC(C)(C)C(=O)NC(CCCCCCCC)CCCCCCCC)CCCCC(C)(C)C(=O)OCCCCCCCCCCC. The van der Waals surface area contributed by atoms with Crippen LogP contribution in [0.25, 0.3) is 0 Å². The fourth-order valence-electron chi connectivity index (χ4n) is 16.2. The van der Waals surface area contributed by atoms with Crippen molar-refractivity contribution in [2.24, 2.45) is 16.2 Å². The molecule has 0 saturated carbocycles. The summed E-state index contributed by atoms with van der Waals surface area (Å²) in [5.74, 6) is -0.197. The van der Waals surface area contributed by atoms with Crippen molar-refractivity contribution in [2.75, 3.05) is 65.6 Å². The van der Waals surface area contributed by atoms with E-state index in [0.29, 0.717) is 45.3 Å². The maximum atomic E-state index is 13.9. The lowest BCUT2D eigenvalue weighted by molar-refractivity contribution is -0.154. The van der Waals surface area contributed by atoms with E-state index in [4.69, 9.17) is 9.47 Å². The molecule has 0 aromatic carbocycles. The van der Waals surface area contributed by atoms with E-state index in [1.807, 2.05) is 13.8 Å². The first-order valence-corrected chi connectivity index (χ1v) is 49.6. The standard InChI is InChI=1S/C99H194N6O8/c1-13-19-25-31-37-39-41-51-66-86-112-94(109)72-58-53-64-82-104(80-62-49-47-59-75-97(7,8)91(88-106)102-89(68-54-43-33-27-21-15-3)69-55-44-34-28-22-16-4)84-78-100-92(107)73-74-93(108)101-79-85-105(83-65-61-77-99(11,12)96(111)113-87-67-52-42-40-38-32-26-20-14-2)81-63-50-48-60-76-98(9,10)95(110)103-90(70-56-45-35-29-23-17-5)71-57-46-36-30-24-18-6/h88-91,102H,13-87H2,1-12H3,(H,100,107)(H,101,108)(H,103,110). The van der Waals surface area contributed by atoms with Gasteiger partial charge in [0, 0.05) is 62.9 Å². The lowest BCUT2D eigenvalue weighted by Gasteiger charge is -2.35. The predicted octanol–water partition coefficient (Wildman–Crippen LogP) is 26.5. The van der Waals surface area contributed by atoms with Crippen LogP contribution < -0.4 is 21.3 Å². The number of amides is 3. The van der Waals surface area contributed by atoms with Crippen LogP contribution in [-0.2, 0) is 38.2 Å². The average Bonchev–Trinajstić information content (AvgIpc) is 0.837. The molecule has 113 heavy (non-hydrogen) atoms. The van der Waals surface area contributed by atoms with Crippen LogP contribution >= 0.6 is 0 Å². The molecule has 0 aliphatic heterocycles. The van der Waals surface area contributed by atoms with Crippen molar-refractivity contribution in [3.8, 4) is 0 Å². The van der Waals surface area contributed by atoms with Crippen LogP contribution in [0.15, 0.2) is 0 Å². The summed E-state index contributed by atoms with van der Waals surface area (Å²) < 4.78 is 11.5. The summed E-state index contributed by atoms with van der Waals surface area (Å²) in [7, 11) is 0. The van der Waals surface area contributed by atoms with Gasteiger partial charge in [-0.2, -0.15) is 0 Å². The van der Waals surface area contributed by atoms with Crippen molar-refractivity contribution < 1.29 is 38.2 Å². The third-order valence-corrected chi connectivity index (χ3v) is 24.5. The van der Waals surface area contributed by atoms with Gasteiger partial charge in [-0.25, -0.2) is 0 Å². The Morgan fingerprint density at radius 3 is 1.01 bits per heavy atom. The molecule has 0 saturated heterocycles. The number of hydrogen-bond acceptors (Lipinski definition) is 11. The topological polar surface area (TPSA) is 175 Å². The van der Waals surface area contributed by atoms with Crippen LogP contribution in [0.5, 0.6) is 0 Å². The largest absolute Gasteiger partial charge is 0.466 e. The third kappa shape index (κ3) is 69.4. The first-order chi connectivity index (χ1) is 54.7. The van der Waals surface area contributed by atoms with Crippen molar-refractivity contribution in [1.29, 1.82) is 0 Å². The van der Waals surface area contributed by atoms with Crippen molar-refractivity contribution in [2.45, 2.75) is 519 Å². The summed E-state index contributed by atoms with van der Waals surface area (Å²) >= 11 is 0. The first kappa shape index (κ1) is 110. The Kier molecular flexibility index (Phi) is 76.6. The second-order valence-electron chi connectivity index (χ2n) is 37.1. The highest BCUT2D eigenvalue weighted by Crippen LogP contribution is 2.31. The highest BCUT2D eigenvalue weighted by molar-refractivity contribution is 5.83. The normalized spacial score (nSPS) is 12.4. The number of esters is 2. The molecular formula is C99H194N6O8. The molecule has 3 amide bonds. The summed E-state index contributed by atoms with van der Waals surface area (Å²) in [6.45, 7) is 33.6. The van der Waals surface area contributed by atoms with E-state index in [1.54, 1.807) is 0 Å². The maximum Gasteiger partial charge on any atom is 0.311 e. The number of carbonyl (C=O) groups excluding carboxylic acids is 6. The van der Waals surface area contributed by atoms with Gasteiger partial charge in [-0.3, -0.25) is 24.0 Å². The minimum atomic E-state index is -0.549. The van der Waals surface area contributed by atoms with E-state index in [2.05, 4.69) is 100 Å². The molecule has 0 aliphatic carbocycles. The second-order valence-corrected chi connectivity index (χ2v) is 37.1. The molecule has 1 unspecified atom stereocenters. The highest BCUT2D eigenvalue weighted by atomic mass is 16.5. The number of nitrogens with one attached hydrogen (secondary N) is 4. The number of hydrogen-bond donors (Lipinski definition) is 4. The van der Waals surface area contributed by atoms with E-state index in [9.17, 15) is 28.8 Å². The van der Waals surface area contributed by atoms with Crippen molar-refractivity contribution in [1.82, 2.24) is 31.1 Å². The van der Waals surface area contributed by atoms with Crippen molar-refractivity contribution >= 4 is 35.9 Å². The van der Waals surface area contributed by atoms with E-state index >= 15 is 0 Å². The van der Waals surface area contributed by atoms with Gasteiger partial charge < -0.3 is 45.3 Å². The van der Waals surface area contributed by atoms with E-state index in [1.165, 1.54) is 250 Å². The molecule has 14 heteroatoms. The fraction of sp³-hybridized carbons (Fsp3) is 0.939. The molecule has 0 heterocycles. The Bertz CT molecular complexity index is 2130. The maximum absolute atomic E-state index is 13.9. The van der Waals surface area contributed by atoms with Gasteiger partial charge in [-0.15, -0.1) is 0 Å². The van der Waals surface area contributed by atoms with Crippen molar-refractivity contribution in [3.05, 3.63) is 0 Å². The minimum Gasteiger partial charge on any atom is -0.466 e. The molecule has 668 valence electrons. The zero-order valence-corrected chi connectivity index (χ0v) is 77.5. The smallest absolute Gasteiger partial charge is 0.311 e. The molecule has 0 fully saturated rings. The van der Waals surface area contributed by atoms with Crippen LogP contribution in [0.1, 0.15) is 500 Å². The molecule has 0 aliphatic rings. The monoisotopic (exact) mass is 1600 g/mol. The van der Waals surface area contributed by atoms with Gasteiger partial charge in [0.05, 0.1) is 24.7 Å². The van der Waals surface area contributed by atoms with Crippen LogP contribution in [-0.4, -0.2) is 129 Å². The van der Waals surface area contributed by atoms with Gasteiger partial charge in [-0.05, 0) is 135 Å². The fourth-order valence-corrected chi connectivity index (χ4v) is 16.2. The Hall–Kier alpha value is -3.10. The summed E-state index contributed by atoms with van der Waals surface area (Å²) in [5.41, 5.74) is -1.10. The predicted molar refractivity (Wildman–Crippen MR) is 485 cm³/mol. The van der Waals surface area contributed by atoms with Crippen molar-refractivity contribution in [3.63, 3.8) is 0 Å². The average molecular weight is 1600 g/mol. The number of carbonyl (C=O) groups is 6. The van der Waals surface area contributed by atoms with Gasteiger partial charge in [0.1, 0.15) is 6.29 Å². The second kappa shape index (κ2) is 78.7. The Morgan fingerprint density at radius 2 is 0.619 bits per heavy atom. The van der Waals surface area contributed by atoms with E-state index in [0.717, 1.165) is 187 Å². The van der Waals surface area contributed by atoms with Crippen LogP contribution in [0.2, 0.25) is 0 Å². The Morgan fingerprint density at radius 1 is 0.319 bits per heavy atom. The summed E-state index contributed by atoms with van der Waals surface area (Å²) in [5, 5.41) is 13.8. The van der Waals surface area contributed by atoms with Gasteiger partial charge in [-0.1, -0.05) is 377 Å². The zero-order chi connectivity index (χ0) is 83.3. The number of ether oxygens (including phenoxy) is 2. The van der Waals surface area contributed by atoms with Crippen LogP contribution in [0, 0.1) is 16.2 Å². The van der Waals surface area contributed by atoms with Gasteiger partial charge in [0.2, 0.25) is 17.7 Å². The zero-order valence-electron chi connectivity index (χ0n) is 77.5. The van der Waals surface area contributed by atoms with Crippen LogP contribution in [0.4, 0.5) is 0 Å². The van der Waals surface area contributed by atoms with Gasteiger partial charge >= 0.3 is 11.9 Å². The van der Waals surface area contributed by atoms with E-state index in [-0.39, 0.29) is 60.0 Å². The quantitative estimate of drug-likeness (QED) is 0.0259. The molecule has 0 aromatic rings. The number of aldehydes is 1. The summed E-state index contributed by atoms with van der Waals surface area (Å²) in [6.07, 6.45) is 75.1. The summed E-state index contributed by atoms with van der Waals surface area (Å²) in [4.78, 5) is 84.5. The van der Waals surface area contributed by atoms with Gasteiger partial charge in [0.15, 0.2) is 0 Å². The van der Waals surface area contributed by atoms with Crippen LogP contribution in [0.3, 0.4) is 0 Å². The lowest BCUT2D eigenvalue weighted by Crippen LogP contribution is -2.48. The number of unbranched alkanes of at least 4 members (excludes halogenated alkanes) is 45. The molecule has 0 aromatic heterocycles. The first-order valence-electron chi connectivity index (χ1n) is 49.6. The molecule has 1 atom stereocenters. The molecular weight excluding hydrogens is 1400 g/mol. The highest BCUT2D eigenvalue weighted by Gasteiger charge is 2.32. The number of nitrogens with zero attached hydrogens (tertiary/aromatic N) is 2. The molecule has 4 N–H and O–H groups in total. The molecule has 0 spiro atoms. The lowest BCUT2D eigenvalue weighted by atomic mass is 9.79. The minimum absolute atomic E-state index is 0.0852. The number of rotatable bonds is 89. The molecule has 0 radical (unpaired) electrons. The third-order valence-electron chi connectivity index (χ3n) is 24.5. The molecule has 14 nitrogen and oxygen atoms in total. The Labute approximate surface area is 701 Å². The van der Waals surface area contributed by atoms with Gasteiger partial charge in [0.25, 0.3) is 0 Å². The molecule has 0 bridgehead atoms. The summed E-state index contributed by atoms with van der Waals surface area (Å²) in [6, 6.07) is 0.500. The van der Waals surface area contributed by atoms with E-state index < -0.39 is 10.8 Å². The Balaban J connectivity index is 5.77.